The van der Waals surface area contributed by atoms with Crippen molar-refractivity contribution >= 4 is 0 Å². The van der Waals surface area contributed by atoms with Gasteiger partial charge in [0, 0.05) is 25.0 Å². The summed E-state index contributed by atoms with van der Waals surface area (Å²) in [4.78, 5) is 11.8. The average Bonchev–Trinajstić information content (AvgIpc) is 2.60. The van der Waals surface area contributed by atoms with Gasteiger partial charge in [-0.1, -0.05) is 12.5 Å². The second-order valence-corrected chi connectivity index (χ2v) is 4.41. The van der Waals surface area contributed by atoms with E-state index in [1.54, 1.807) is 9.13 Å². The Morgan fingerprint density at radius 2 is 2.06 bits per heavy atom. The molecule has 3 nitrogen and oxygen atoms in total. The van der Waals surface area contributed by atoms with Gasteiger partial charge in [0.15, 0.2) is 0 Å². The van der Waals surface area contributed by atoms with Crippen molar-refractivity contribution in [3.63, 3.8) is 0 Å². The Kier molecular flexibility index (Phi) is 5.09. The summed E-state index contributed by atoms with van der Waals surface area (Å²) in [7, 11) is 0. The zero-order valence-corrected chi connectivity index (χ0v) is 10.4. The van der Waals surface area contributed by atoms with Crippen molar-refractivity contribution in [2.75, 3.05) is 0 Å². The average molecular weight is 222 g/mol. The summed E-state index contributed by atoms with van der Waals surface area (Å²) < 4.78 is 3.57. The highest BCUT2D eigenvalue weighted by molar-refractivity contribution is 4.83. The first-order valence-corrected chi connectivity index (χ1v) is 6.05. The first kappa shape index (κ1) is 12.8. The number of hydrogen-bond acceptors (Lipinski definition) is 1. The van der Waals surface area contributed by atoms with E-state index in [0.717, 1.165) is 25.8 Å². The number of imidazole rings is 1. The van der Waals surface area contributed by atoms with Gasteiger partial charge in [-0.15, -0.1) is 6.58 Å². The Labute approximate surface area is 97.4 Å². The maximum Gasteiger partial charge on any atom is 0.328 e. The number of allylic oxidation sites excluding steroid dienone is 1. The van der Waals surface area contributed by atoms with E-state index in [9.17, 15) is 4.79 Å². The van der Waals surface area contributed by atoms with Crippen LogP contribution in [0.2, 0.25) is 0 Å². The van der Waals surface area contributed by atoms with Crippen molar-refractivity contribution in [2.24, 2.45) is 0 Å². The fourth-order valence-corrected chi connectivity index (χ4v) is 1.74. The van der Waals surface area contributed by atoms with Crippen LogP contribution in [0.15, 0.2) is 29.8 Å². The lowest BCUT2D eigenvalue weighted by molar-refractivity contribution is 0.530. The van der Waals surface area contributed by atoms with E-state index in [4.69, 9.17) is 0 Å². The molecule has 0 unspecified atom stereocenters. The zero-order valence-electron chi connectivity index (χ0n) is 10.4. The lowest BCUT2D eigenvalue weighted by atomic mass is 10.2. The zero-order chi connectivity index (χ0) is 12.0. The van der Waals surface area contributed by atoms with E-state index < -0.39 is 0 Å². The van der Waals surface area contributed by atoms with Crippen LogP contribution in [0.5, 0.6) is 0 Å². The third-order valence-corrected chi connectivity index (χ3v) is 2.74. The van der Waals surface area contributed by atoms with Gasteiger partial charge in [0.2, 0.25) is 0 Å². The maximum absolute atomic E-state index is 11.8. The summed E-state index contributed by atoms with van der Waals surface area (Å²) in [6.07, 6.45) is 10.2. The van der Waals surface area contributed by atoms with Crippen molar-refractivity contribution in [1.82, 2.24) is 9.13 Å². The number of rotatable bonds is 7. The fourth-order valence-electron chi connectivity index (χ4n) is 1.74. The second-order valence-electron chi connectivity index (χ2n) is 4.41. The molecule has 90 valence electrons. The van der Waals surface area contributed by atoms with Crippen LogP contribution in [0.1, 0.15) is 45.6 Å². The first-order chi connectivity index (χ1) is 7.66. The van der Waals surface area contributed by atoms with Crippen LogP contribution in [-0.2, 0) is 6.54 Å². The number of aromatic nitrogens is 2. The van der Waals surface area contributed by atoms with Gasteiger partial charge in [-0.05, 0) is 33.1 Å². The van der Waals surface area contributed by atoms with Crippen LogP contribution in [0.25, 0.3) is 0 Å². The molecule has 0 aliphatic rings. The van der Waals surface area contributed by atoms with Gasteiger partial charge in [-0.25, -0.2) is 4.79 Å². The van der Waals surface area contributed by atoms with Crippen LogP contribution in [0.4, 0.5) is 0 Å². The highest BCUT2D eigenvalue weighted by Crippen LogP contribution is 2.03. The molecular formula is C13H22N2O. The monoisotopic (exact) mass is 222 g/mol. The molecule has 0 fully saturated rings. The van der Waals surface area contributed by atoms with Crippen LogP contribution in [0.3, 0.4) is 0 Å². The molecule has 1 aromatic heterocycles. The molecule has 1 aromatic rings. The maximum atomic E-state index is 11.8. The molecule has 0 aliphatic carbocycles. The summed E-state index contributed by atoms with van der Waals surface area (Å²) in [6.45, 7) is 8.57. The van der Waals surface area contributed by atoms with Crippen LogP contribution in [-0.4, -0.2) is 9.13 Å². The topological polar surface area (TPSA) is 26.9 Å². The molecule has 3 heteroatoms. The Balaban J connectivity index is 2.43. The Hall–Kier alpha value is -1.25. The first-order valence-electron chi connectivity index (χ1n) is 6.05. The van der Waals surface area contributed by atoms with Crippen molar-refractivity contribution in [2.45, 2.75) is 52.1 Å². The highest BCUT2D eigenvalue weighted by Gasteiger charge is 2.04. The SMILES string of the molecule is C=CCCCCCn1ccn(C(C)C)c1=O. The Bertz CT molecular complexity index is 374. The molecule has 0 N–H and O–H groups in total. The largest absolute Gasteiger partial charge is 0.328 e. The minimum atomic E-state index is 0.110. The molecule has 1 heterocycles. The summed E-state index contributed by atoms with van der Waals surface area (Å²) in [5.41, 5.74) is 0.110. The molecule has 0 bridgehead atoms. The van der Waals surface area contributed by atoms with E-state index in [1.165, 1.54) is 6.42 Å². The molecular weight excluding hydrogens is 200 g/mol. The summed E-state index contributed by atoms with van der Waals surface area (Å²) in [5, 5.41) is 0. The highest BCUT2D eigenvalue weighted by atomic mass is 16.1. The van der Waals surface area contributed by atoms with Gasteiger partial charge < -0.3 is 0 Å². The van der Waals surface area contributed by atoms with Gasteiger partial charge in [0.1, 0.15) is 0 Å². The number of aryl methyl sites for hydroxylation is 1. The molecule has 1 rings (SSSR count). The van der Waals surface area contributed by atoms with E-state index >= 15 is 0 Å². The molecule has 0 saturated heterocycles. The summed E-state index contributed by atoms with van der Waals surface area (Å²) in [6, 6.07) is 0.245. The Morgan fingerprint density at radius 1 is 1.31 bits per heavy atom. The molecule has 0 amide bonds. The second kappa shape index (κ2) is 6.36. The van der Waals surface area contributed by atoms with E-state index in [2.05, 4.69) is 6.58 Å². The standard InChI is InChI=1S/C13H22N2O/c1-4-5-6-7-8-9-14-10-11-15(12(2)3)13(14)16/h4,10-12H,1,5-9H2,2-3H3. The van der Waals surface area contributed by atoms with Gasteiger partial charge in [-0.3, -0.25) is 9.13 Å². The minimum absolute atomic E-state index is 0.110. The van der Waals surface area contributed by atoms with E-state index in [0.29, 0.717) is 0 Å². The van der Waals surface area contributed by atoms with Crippen molar-refractivity contribution in [1.29, 1.82) is 0 Å². The molecule has 0 aliphatic heterocycles. The summed E-state index contributed by atoms with van der Waals surface area (Å²) in [5.74, 6) is 0. The smallest absolute Gasteiger partial charge is 0.299 e. The Morgan fingerprint density at radius 3 is 2.62 bits per heavy atom. The van der Waals surface area contributed by atoms with Gasteiger partial charge in [-0.2, -0.15) is 0 Å². The number of unbranched alkanes of at least 4 members (excludes halogenated alkanes) is 3. The molecule has 0 atom stereocenters. The van der Waals surface area contributed by atoms with Crippen LogP contribution >= 0.6 is 0 Å². The molecule has 16 heavy (non-hydrogen) atoms. The lowest BCUT2D eigenvalue weighted by Crippen LogP contribution is -2.25. The summed E-state index contributed by atoms with van der Waals surface area (Å²) >= 11 is 0. The lowest BCUT2D eigenvalue weighted by Gasteiger charge is -2.04. The van der Waals surface area contributed by atoms with Crippen molar-refractivity contribution < 1.29 is 0 Å². The third kappa shape index (κ3) is 3.40. The number of hydrogen-bond donors (Lipinski definition) is 0. The van der Waals surface area contributed by atoms with E-state index in [1.807, 2.05) is 32.3 Å². The predicted molar refractivity (Wildman–Crippen MR) is 67.7 cm³/mol. The molecule has 0 radical (unpaired) electrons. The number of nitrogens with zero attached hydrogens (tertiary/aromatic N) is 2. The normalized spacial score (nSPS) is 10.9. The van der Waals surface area contributed by atoms with Crippen LogP contribution < -0.4 is 5.69 Å². The van der Waals surface area contributed by atoms with Gasteiger partial charge in [0.25, 0.3) is 0 Å². The minimum Gasteiger partial charge on any atom is -0.299 e. The van der Waals surface area contributed by atoms with Gasteiger partial charge >= 0.3 is 5.69 Å². The molecule has 0 spiro atoms. The third-order valence-electron chi connectivity index (χ3n) is 2.74. The van der Waals surface area contributed by atoms with Crippen molar-refractivity contribution in [3.05, 3.63) is 35.5 Å². The fraction of sp³-hybridized carbons (Fsp3) is 0.615. The predicted octanol–water partition coefficient (Wildman–Crippen LogP) is 2.98. The van der Waals surface area contributed by atoms with Crippen molar-refractivity contribution in [3.8, 4) is 0 Å². The van der Waals surface area contributed by atoms with Gasteiger partial charge in [0.05, 0.1) is 0 Å². The molecule has 0 saturated carbocycles. The molecule has 0 aromatic carbocycles. The quantitative estimate of drug-likeness (QED) is 0.514. The van der Waals surface area contributed by atoms with Crippen LogP contribution in [0, 0.1) is 0 Å². The van der Waals surface area contributed by atoms with E-state index in [-0.39, 0.29) is 11.7 Å².